The van der Waals surface area contributed by atoms with Crippen LogP contribution in [0.5, 0.6) is 0 Å². The molecule has 0 spiro atoms. The molecule has 1 heteroatoms. The first-order valence-electron chi connectivity index (χ1n) is 6.07. The highest BCUT2D eigenvalue weighted by Gasteiger charge is 2.28. The molecule has 2 rings (SSSR count). The molecular formula is C14H21N. The summed E-state index contributed by atoms with van der Waals surface area (Å²) in [6.07, 6.45) is 7.57. The predicted octanol–water partition coefficient (Wildman–Crippen LogP) is 3.50. The van der Waals surface area contributed by atoms with Crippen molar-refractivity contribution in [1.82, 2.24) is 0 Å². The van der Waals surface area contributed by atoms with E-state index in [1.54, 1.807) is 0 Å². The van der Waals surface area contributed by atoms with Gasteiger partial charge in [0.25, 0.3) is 0 Å². The lowest BCUT2D eigenvalue weighted by atomic mass is 9.82. The molecule has 0 aliphatic heterocycles. The third kappa shape index (κ3) is 2.23. The fourth-order valence-corrected chi connectivity index (χ4v) is 2.76. The van der Waals surface area contributed by atoms with Gasteiger partial charge in [-0.15, -0.1) is 0 Å². The van der Waals surface area contributed by atoms with Crippen molar-refractivity contribution in [1.29, 1.82) is 0 Å². The van der Waals surface area contributed by atoms with E-state index in [4.69, 9.17) is 5.73 Å². The minimum atomic E-state index is -0.0537. The smallest absolute Gasteiger partial charge is 0.0412 e. The summed E-state index contributed by atoms with van der Waals surface area (Å²) < 4.78 is 0. The summed E-state index contributed by atoms with van der Waals surface area (Å²) in [6, 6.07) is 8.59. The maximum Gasteiger partial charge on any atom is 0.0412 e. The Hall–Kier alpha value is -0.820. The molecule has 1 nitrogen and oxygen atoms in total. The Bertz CT molecular complexity index is 322. The molecular weight excluding hydrogens is 182 g/mol. The van der Waals surface area contributed by atoms with E-state index in [0.29, 0.717) is 0 Å². The van der Waals surface area contributed by atoms with Crippen molar-refractivity contribution in [3.63, 3.8) is 0 Å². The van der Waals surface area contributed by atoms with Crippen LogP contribution >= 0.6 is 0 Å². The second kappa shape index (κ2) is 4.36. The fourth-order valence-electron chi connectivity index (χ4n) is 2.76. The predicted molar refractivity (Wildman–Crippen MR) is 64.7 cm³/mol. The van der Waals surface area contributed by atoms with Gasteiger partial charge in [0.05, 0.1) is 0 Å². The van der Waals surface area contributed by atoms with E-state index in [1.807, 2.05) is 0 Å². The molecule has 82 valence electrons. The van der Waals surface area contributed by atoms with Crippen molar-refractivity contribution in [3.8, 4) is 0 Å². The molecule has 0 saturated heterocycles. The minimum absolute atomic E-state index is 0.0537. The van der Waals surface area contributed by atoms with Gasteiger partial charge in [-0.1, -0.05) is 49.9 Å². The van der Waals surface area contributed by atoms with Crippen LogP contribution in [0, 0.1) is 6.92 Å². The average molecular weight is 203 g/mol. The van der Waals surface area contributed by atoms with E-state index in [0.717, 1.165) is 12.8 Å². The molecule has 0 aromatic heterocycles. The van der Waals surface area contributed by atoms with Crippen molar-refractivity contribution >= 4 is 0 Å². The number of rotatable bonds is 1. The van der Waals surface area contributed by atoms with Gasteiger partial charge in [-0.2, -0.15) is 0 Å². The van der Waals surface area contributed by atoms with Gasteiger partial charge in [0.1, 0.15) is 0 Å². The monoisotopic (exact) mass is 203 g/mol. The first kappa shape index (κ1) is 10.7. The normalized spacial score (nSPS) is 20.9. The number of nitrogens with two attached hydrogens (primary N) is 1. The Morgan fingerprint density at radius 1 is 1.00 bits per heavy atom. The summed E-state index contributed by atoms with van der Waals surface area (Å²) in [5.74, 6) is 0. The van der Waals surface area contributed by atoms with Gasteiger partial charge >= 0.3 is 0 Å². The molecule has 1 aliphatic rings. The van der Waals surface area contributed by atoms with Crippen molar-refractivity contribution in [2.45, 2.75) is 51.0 Å². The first-order chi connectivity index (χ1) is 7.22. The van der Waals surface area contributed by atoms with Gasteiger partial charge in [0.15, 0.2) is 0 Å². The molecule has 0 atom stereocenters. The topological polar surface area (TPSA) is 26.0 Å². The van der Waals surface area contributed by atoms with Crippen LogP contribution in [0.3, 0.4) is 0 Å². The molecule has 1 fully saturated rings. The summed E-state index contributed by atoms with van der Waals surface area (Å²) in [5.41, 5.74) is 9.24. The SMILES string of the molecule is Cc1ccccc1C1(N)CCCCCC1. The summed E-state index contributed by atoms with van der Waals surface area (Å²) >= 11 is 0. The number of aryl methyl sites for hydroxylation is 1. The molecule has 1 aliphatic carbocycles. The maximum atomic E-state index is 6.58. The molecule has 0 bridgehead atoms. The first-order valence-corrected chi connectivity index (χ1v) is 6.07. The lowest BCUT2D eigenvalue weighted by Crippen LogP contribution is -2.36. The van der Waals surface area contributed by atoms with Gasteiger partial charge in [0.2, 0.25) is 0 Å². The van der Waals surface area contributed by atoms with Crippen LogP contribution in [0.25, 0.3) is 0 Å². The highest BCUT2D eigenvalue weighted by atomic mass is 14.7. The zero-order chi connectivity index (χ0) is 10.7. The van der Waals surface area contributed by atoms with Crippen molar-refractivity contribution in [3.05, 3.63) is 35.4 Å². The molecule has 1 saturated carbocycles. The van der Waals surface area contributed by atoms with E-state index in [9.17, 15) is 0 Å². The fraction of sp³-hybridized carbons (Fsp3) is 0.571. The van der Waals surface area contributed by atoms with Crippen molar-refractivity contribution in [2.75, 3.05) is 0 Å². The molecule has 1 aromatic carbocycles. The van der Waals surface area contributed by atoms with Crippen LogP contribution < -0.4 is 5.73 Å². The second-order valence-corrected chi connectivity index (χ2v) is 4.89. The van der Waals surface area contributed by atoms with Crippen molar-refractivity contribution < 1.29 is 0 Å². The zero-order valence-electron chi connectivity index (χ0n) is 9.63. The second-order valence-electron chi connectivity index (χ2n) is 4.89. The van der Waals surface area contributed by atoms with E-state index in [2.05, 4.69) is 31.2 Å². The van der Waals surface area contributed by atoms with E-state index in [1.165, 1.54) is 36.8 Å². The van der Waals surface area contributed by atoms with E-state index < -0.39 is 0 Å². The molecule has 15 heavy (non-hydrogen) atoms. The average Bonchev–Trinajstić information content (AvgIpc) is 2.44. The lowest BCUT2D eigenvalue weighted by Gasteiger charge is -2.30. The molecule has 1 aromatic rings. The van der Waals surface area contributed by atoms with Crippen LogP contribution in [0.15, 0.2) is 24.3 Å². The number of benzene rings is 1. The van der Waals surface area contributed by atoms with Gasteiger partial charge in [0, 0.05) is 5.54 Å². The van der Waals surface area contributed by atoms with Crippen LogP contribution in [-0.2, 0) is 5.54 Å². The summed E-state index contributed by atoms with van der Waals surface area (Å²) in [5, 5.41) is 0. The Morgan fingerprint density at radius 2 is 1.60 bits per heavy atom. The van der Waals surface area contributed by atoms with Gasteiger partial charge in [-0.05, 0) is 30.9 Å². The molecule has 2 N–H and O–H groups in total. The lowest BCUT2D eigenvalue weighted by molar-refractivity contribution is 0.383. The minimum Gasteiger partial charge on any atom is -0.321 e. The summed E-state index contributed by atoms with van der Waals surface area (Å²) in [4.78, 5) is 0. The Balaban J connectivity index is 2.30. The molecule has 0 unspecified atom stereocenters. The van der Waals surface area contributed by atoms with Crippen LogP contribution in [0.2, 0.25) is 0 Å². The quantitative estimate of drug-likeness (QED) is 0.694. The largest absolute Gasteiger partial charge is 0.321 e. The maximum absolute atomic E-state index is 6.58. The Morgan fingerprint density at radius 3 is 2.20 bits per heavy atom. The highest BCUT2D eigenvalue weighted by Crippen LogP contribution is 2.34. The van der Waals surface area contributed by atoms with Gasteiger partial charge in [-0.3, -0.25) is 0 Å². The molecule has 0 heterocycles. The standard InChI is InChI=1S/C14H21N/c1-12-8-4-5-9-13(12)14(15)10-6-2-3-7-11-14/h4-5,8-9H,2-3,6-7,10-11,15H2,1H3. The van der Waals surface area contributed by atoms with Gasteiger partial charge < -0.3 is 5.73 Å². The van der Waals surface area contributed by atoms with Crippen LogP contribution in [0.1, 0.15) is 49.7 Å². The van der Waals surface area contributed by atoms with Crippen LogP contribution in [0.4, 0.5) is 0 Å². The summed E-state index contributed by atoms with van der Waals surface area (Å²) in [6.45, 7) is 2.18. The van der Waals surface area contributed by atoms with E-state index in [-0.39, 0.29) is 5.54 Å². The third-order valence-corrected chi connectivity index (χ3v) is 3.68. The zero-order valence-corrected chi connectivity index (χ0v) is 9.63. The Labute approximate surface area is 92.7 Å². The van der Waals surface area contributed by atoms with E-state index >= 15 is 0 Å². The third-order valence-electron chi connectivity index (χ3n) is 3.68. The van der Waals surface area contributed by atoms with Crippen LogP contribution in [-0.4, -0.2) is 0 Å². The van der Waals surface area contributed by atoms with Crippen molar-refractivity contribution in [2.24, 2.45) is 5.73 Å². The Kier molecular flexibility index (Phi) is 3.11. The van der Waals surface area contributed by atoms with Gasteiger partial charge in [-0.25, -0.2) is 0 Å². The number of hydrogen-bond donors (Lipinski definition) is 1. The molecule has 0 amide bonds. The molecule has 0 radical (unpaired) electrons. The number of hydrogen-bond acceptors (Lipinski definition) is 1. The highest BCUT2D eigenvalue weighted by molar-refractivity contribution is 5.32. The summed E-state index contributed by atoms with van der Waals surface area (Å²) in [7, 11) is 0.